The zero-order valence-electron chi connectivity index (χ0n) is 66.8. The number of rotatable bonds is 16. The number of hydrogen-bond donors (Lipinski definition) is 2. The number of likely N-dealkylation sites (tertiary alicyclic amines) is 4. The maximum atomic E-state index is 13.2. The fourth-order valence-corrected chi connectivity index (χ4v) is 14.5. The van der Waals surface area contributed by atoms with Gasteiger partial charge in [0.15, 0.2) is 0 Å². The summed E-state index contributed by atoms with van der Waals surface area (Å²) < 4.78 is 32.9. The number of nitrogens with one attached hydrogen (secondary N) is 2. The van der Waals surface area contributed by atoms with Crippen LogP contribution >= 0.6 is 0 Å². The molecule has 0 bridgehead atoms. The van der Waals surface area contributed by atoms with Gasteiger partial charge in [0, 0.05) is 86.1 Å². The van der Waals surface area contributed by atoms with E-state index in [2.05, 4.69) is 119 Å². The van der Waals surface area contributed by atoms with Crippen LogP contribution in [0.15, 0.2) is 110 Å². The molecule has 0 spiro atoms. The maximum Gasteiger partial charge on any atom is 0.410 e. The molecule has 10 heterocycles. The molecule has 4 amide bonds. The molecule has 580 valence electrons. The van der Waals surface area contributed by atoms with E-state index in [0.29, 0.717) is 39.5 Å². The number of imidazole rings is 4. The molecule has 4 fully saturated rings. The van der Waals surface area contributed by atoms with Crippen LogP contribution in [0.3, 0.4) is 0 Å². The van der Waals surface area contributed by atoms with Crippen molar-refractivity contribution in [3.63, 3.8) is 0 Å². The summed E-state index contributed by atoms with van der Waals surface area (Å²) in [5.74, 6) is 6.39. The lowest BCUT2D eigenvalue weighted by atomic mass is 10.0. The SMILES string of the molecule is CC.CC(C)(C)OC(=O)N1CCC[C@H]1c1ncc(-c2ccc(-c3ccc(-c4cn(COCC[Si](C)(C)C)c([C@@H]5CCCN5C(=O)OC(C)(C)C)n4)nc3)cc2)[nH]1.C[SiH2]CC#Cn1c(-c2ccc(-c3ccc(-c4cnc([C@@H]5CCCN5C(=O)OC(C)(C)C)[nH]4)cc3)cn2)cnc1[C@@H]1CCCN1C(=O)OC(C)(C)C.O. The second-order valence-electron chi connectivity index (χ2n) is 32.9. The molecule has 0 radical (unpaired) electrons. The Hall–Kier alpha value is -9.43. The van der Waals surface area contributed by atoms with E-state index in [1.807, 2.05) is 155 Å². The lowest BCUT2D eigenvalue weighted by molar-refractivity contribution is 0.0197. The molecule has 12 rings (SSSR count). The molecule has 24 nitrogen and oxygen atoms in total. The lowest BCUT2D eigenvalue weighted by Gasteiger charge is -2.28. The molecule has 4 N–H and O–H groups in total. The predicted molar refractivity (Wildman–Crippen MR) is 428 cm³/mol. The van der Waals surface area contributed by atoms with Crippen LogP contribution in [0.1, 0.15) is 196 Å². The summed E-state index contributed by atoms with van der Waals surface area (Å²) in [4.78, 5) is 94.9. The van der Waals surface area contributed by atoms with Gasteiger partial charge in [-0.3, -0.25) is 34.1 Å². The van der Waals surface area contributed by atoms with E-state index in [0.717, 1.165) is 154 Å². The number of ether oxygens (including phenoxy) is 5. The summed E-state index contributed by atoms with van der Waals surface area (Å²) in [6.45, 7) is 39.5. The number of H-pyrrole nitrogens is 2. The van der Waals surface area contributed by atoms with Gasteiger partial charge < -0.3 is 43.7 Å². The Morgan fingerprint density at radius 1 is 0.491 bits per heavy atom. The monoisotopic (exact) mass is 1510 g/mol. The first-order valence-electron chi connectivity index (χ1n) is 38.2. The number of aromatic nitrogens is 10. The average molecular weight is 1510 g/mol. The highest BCUT2D eigenvalue weighted by molar-refractivity contribution is 6.76. The first-order chi connectivity index (χ1) is 50.7. The molecule has 4 aliphatic heterocycles. The standard InChI is InChI=1S/C41H57N7O5Si.C39H49N7O4Si.C2H6.H2O/c1-40(2,3)52-38(49)47-20-10-12-34(47)36-43-25-32(44-36)29-16-14-28(15-17-29)30-18-19-31(42-24-30)33-26-46(27-51-22-23-54(7,8)9)37(45-33)35-13-11-21-48(35)39(50)53-41(4,5)6;1-38(2,3)49-36(47)45-19-8-11-31(45)34-41-24-30(43-34)27-15-13-26(14-16-27)28-17-18-29(40-23-28)33-25-42-35(44(33)21-10-22-51-7)32-12-9-20-46(32)37(48)50-39(4,5)6;1-2;/h14-19,24-26,34-35H,10-13,20-23,27H2,1-9H3,(H,43,44);13-18,23-25,31-32H,8-9,11-12,19-20,22,51H2,1-7H3,(H,41,43);1-2H3;1H2/t34-,35-;31-,32-;;/m00../s1. The van der Waals surface area contributed by atoms with E-state index in [9.17, 15) is 19.2 Å². The van der Waals surface area contributed by atoms with E-state index >= 15 is 0 Å². The Morgan fingerprint density at radius 2 is 0.880 bits per heavy atom. The van der Waals surface area contributed by atoms with Gasteiger partial charge in [-0.2, -0.15) is 0 Å². The van der Waals surface area contributed by atoms with Gasteiger partial charge in [-0.15, -0.1) is 0 Å². The van der Waals surface area contributed by atoms with E-state index in [4.69, 9.17) is 43.6 Å². The molecule has 0 aliphatic carbocycles. The number of carbonyl (C=O) groups is 4. The normalized spacial score (nSPS) is 17.5. The van der Waals surface area contributed by atoms with Crippen LogP contribution in [0.2, 0.25) is 38.3 Å². The van der Waals surface area contributed by atoms with Crippen LogP contribution in [-0.2, 0) is 30.4 Å². The second-order valence-corrected chi connectivity index (χ2v) is 40.0. The maximum absolute atomic E-state index is 13.2. The third-order valence-corrected chi connectivity index (χ3v) is 20.9. The van der Waals surface area contributed by atoms with Crippen molar-refractivity contribution in [2.75, 3.05) is 32.8 Å². The number of benzene rings is 2. The van der Waals surface area contributed by atoms with Crippen LogP contribution in [0.4, 0.5) is 19.2 Å². The number of pyridine rings is 2. The predicted octanol–water partition coefficient (Wildman–Crippen LogP) is 17.3. The molecule has 4 saturated heterocycles. The minimum absolute atomic E-state index is 0. The lowest BCUT2D eigenvalue weighted by Crippen LogP contribution is -2.37. The molecule has 26 heteroatoms. The van der Waals surface area contributed by atoms with Crippen LogP contribution in [0, 0.1) is 12.0 Å². The van der Waals surface area contributed by atoms with Crippen molar-refractivity contribution < 1.29 is 48.3 Å². The summed E-state index contributed by atoms with van der Waals surface area (Å²) >= 11 is 0. The van der Waals surface area contributed by atoms with Crippen molar-refractivity contribution in [3.8, 4) is 79.5 Å². The van der Waals surface area contributed by atoms with Crippen molar-refractivity contribution >= 4 is 42.0 Å². The van der Waals surface area contributed by atoms with Crippen molar-refractivity contribution in [3.05, 3.63) is 133 Å². The summed E-state index contributed by atoms with van der Waals surface area (Å²) in [6, 6.07) is 29.3. The quantitative estimate of drug-likeness (QED) is 0.0394. The average Bonchev–Trinajstić information content (AvgIpc) is 1.65. The highest BCUT2D eigenvalue weighted by atomic mass is 28.3. The van der Waals surface area contributed by atoms with Gasteiger partial charge in [-0.25, -0.2) is 39.1 Å². The molecular formula is C82H114N14O10Si2. The van der Waals surface area contributed by atoms with Crippen molar-refractivity contribution in [2.45, 2.75) is 240 Å². The van der Waals surface area contributed by atoms with Crippen molar-refractivity contribution in [1.29, 1.82) is 0 Å². The zero-order chi connectivity index (χ0) is 77.2. The number of amides is 4. The molecular weight excluding hydrogens is 1400 g/mol. The second kappa shape index (κ2) is 35.3. The largest absolute Gasteiger partial charge is 0.444 e. The number of carbonyl (C=O) groups excluding carboxylic acids is 4. The van der Waals surface area contributed by atoms with E-state index in [-0.39, 0.29) is 63.5 Å². The number of hydrogen-bond acceptors (Lipinski definition) is 15. The summed E-state index contributed by atoms with van der Waals surface area (Å²) in [7, 11) is -1.48. The van der Waals surface area contributed by atoms with Crippen molar-refractivity contribution in [1.82, 2.24) is 68.6 Å². The molecule has 0 saturated carbocycles. The van der Waals surface area contributed by atoms with Crippen LogP contribution < -0.4 is 0 Å². The topological polar surface area (TPSA) is 278 Å². The summed E-state index contributed by atoms with van der Waals surface area (Å²) in [5.41, 5.74) is 8.61. The van der Waals surface area contributed by atoms with Gasteiger partial charge in [-0.05, 0) is 181 Å². The van der Waals surface area contributed by atoms with Gasteiger partial charge in [0.25, 0.3) is 0 Å². The third kappa shape index (κ3) is 21.5. The summed E-state index contributed by atoms with van der Waals surface area (Å²) in [5, 5.41) is 0. The summed E-state index contributed by atoms with van der Waals surface area (Å²) in [6.07, 6.45) is 16.8. The van der Waals surface area contributed by atoms with Crippen LogP contribution in [0.25, 0.3) is 67.5 Å². The van der Waals surface area contributed by atoms with Gasteiger partial charge in [0.05, 0.1) is 71.2 Å². The highest BCUT2D eigenvalue weighted by Gasteiger charge is 2.40. The third-order valence-electron chi connectivity index (χ3n) is 18.4. The first-order valence-corrected chi connectivity index (χ1v) is 44.3. The van der Waals surface area contributed by atoms with Gasteiger partial charge in [-0.1, -0.05) is 107 Å². The minimum atomic E-state index is -1.25. The van der Waals surface area contributed by atoms with E-state index < -0.39 is 30.5 Å². The van der Waals surface area contributed by atoms with E-state index in [1.54, 1.807) is 19.6 Å². The minimum Gasteiger partial charge on any atom is -0.444 e. The fourth-order valence-electron chi connectivity index (χ4n) is 13.4. The Bertz CT molecular complexity index is 4370. The molecule has 6 aromatic heterocycles. The Balaban J connectivity index is 0.000000242. The molecule has 0 unspecified atom stereocenters. The number of nitrogens with zero attached hydrogens (tertiary/aromatic N) is 12. The molecule has 8 aromatic rings. The zero-order valence-corrected chi connectivity index (χ0v) is 69.2. The Kier molecular flexibility index (Phi) is 27.0. The Morgan fingerprint density at radius 3 is 1.28 bits per heavy atom. The first kappa shape index (κ1) is 82.6. The molecule has 4 aliphatic rings. The molecule has 108 heavy (non-hydrogen) atoms. The smallest absolute Gasteiger partial charge is 0.410 e. The van der Waals surface area contributed by atoms with E-state index in [1.165, 1.54) is 0 Å². The van der Waals surface area contributed by atoms with Gasteiger partial charge >= 0.3 is 24.4 Å². The number of aromatic amines is 2. The molecule has 2 aromatic carbocycles. The van der Waals surface area contributed by atoms with Crippen molar-refractivity contribution in [2.24, 2.45) is 0 Å². The van der Waals surface area contributed by atoms with Gasteiger partial charge in [0.1, 0.15) is 58.1 Å². The fraction of sp³-hybridized carbons (Fsp3) is 0.512. The molecule has 4 atom stereocenters. The highest BCUT2D eigenvalue weighted by Crippen LogP contribution is 2.40. The van der Waals surface area contributed by atoms with Crippen LogP contribution in [-0.4, -0.2) is 171 Å². The van der Waals surface area contributed by atoms with Crippen LogP contribution in [0.5, 0.6) is 0 Å². The van der Waals surface area contributed by atoms with Gasteiger partial charge in [0.2, 0.25) is 0 Å². The Labute approximate surface area is 641 Å².